The van der Waals surface area contributed by atoms with Gasteiger partial charge < -0.3 is 10.4 Å². The van der Waals surface area contributed by atoms with Crippen LogP contribution in [0.2, 0.25) is 10.0 Å². The molecule has 0 aliphatic rings. The Morgan fingerprint density at radius 2 is 1.82 bits per heavy atom. The highest BCUT2D eigenvalue weighted by Crippen LogP contribution is 2.32. The lowest BCUT2D eigenvalue weighted by Gasteiger charge is -2.04. The van der Waals surface area contributed by atoms with Crippen LogP contribution in [0.25, 0.3) is 0 Å². The number of phenolic OH excluding ortho intramolecular Hbond substituents is 1. The fourth-order valence-corrected chi connectivity index (χ4v) is 1.06. The van der Waals surface area contributed by atoms with Crippen molar-refractivity contribution in [2.45, 2.75) is 0 Å². The maximum Gasteiger partial charge on any atom is 0.140 e. The lowest BCUT2D eigenvalue weighted by atomic mass is 10.3. The molecule has 4 heteroatoms. The third-order valence-electron chi connectivity index (χ3n) is 1.31. The van der Waals surface area contributed by atoms with Crippen LogP contribution in [0.5, 0.6) is 5.75 Å². The third kappa shape index (κ3) is 1.70. The lowest BCUT2D eigenvalue weighted by molar-refractivity contribution is 0.477. The zero-order valence-corrected chi connectivity index (χ0v) is 7.37. The van der Waals surface area contributed by atoms with Gasteiger partial charge in [0, 0.05) is 13.1 Å². The summed E-state index contributed by atoms with van der Waals surface area (Å²) in [6, 6.07) is 2.97. The molecule has 0 fully saturated rings. The number of phenols is 1. The Morgan fingerprint density at radius 1 is 1.27 bits per heavy atom. The molecule has 0 radical (unpaired) electrons. The molecule has 0 aromatic heterocycles. The van der Waals surface area contributed by atoms with E-state index in [0.29, 0.717) is 15.7 Å². The fraction of sp³-hybridized carbons (Fsp3) is 0.143. The van der Waals surface area contributed by atoms with Crippen molar-refractivity contribution in [1.29, 1.82) is 0 Å². The van der Waals surface area contributed by atoms with Gasteiger partial charge in [-0.05, 0) is 6.07 Å². The highest BCUT2D eigenvalue weighted by molar-refractivity contribution is 6.42. The van der Waals surface area contributed by atoms with Gasteiger partial charge in [-0.2, -0.15) is 0 Å². The highest BCUT2D eigenvalue weighted by atomic mass is 35.5. The minimum atomic E-state index is 0.0990. The van der Waals surface area contributed by atoms with Gasteiger partial charge in [0.2, 0.25) is 0 Å². The van der Waals surface area contributed by atoms with E-state index in [-0.39, 0.29) is 5.75 Å². The summed E-state index contributed by atoms with van der Waals surface area (Å²) in [7, 11) is 1.69. The molecule has 0 aliphatic heterocycles. The summed E-state index contributed by atoms with van der Waals surface area (Å²) in [4.78, 5) is 0. The molecule has 1 rings (SSSR count). The van der Waals surface area contributed by atoms with Gasteiger partial charge in [0.15, 0.2) is 0 Å². The van der Waals surface area contributed by atoms with E-state index in [9.17, 15) is 5.11 Å². The van der Waals surface area contributed by atoms with Gasteiger partial charge in [-0.15, -0.1) is 0 Å². The topological polar surface area (TPSA) is 32.3 Å². The fourth-order valence-electron chi connectivity index (χ4n) is 0.737. The summed E-state index contributed by atoms with van der Waals surface area (Å²) in [5, 5.41) is 12.8. The van der Waals surface area contributed by atoms with Gasteiger partial charge in [0.25, 0.3) is 0 Å². The Morgan fingerprint density at radius 3 is 2.36 bits per heavy atom. The van der Waals surface area contributed by atoms with E-state index in [1.807, 2.05) is 0 Å². The van der Waals surface area contributed by atoms with E-state index in [0.717, 1.165) is 0 Å². The van der Waals surface area contributed by atoms with Crippen LogP contribution in [0.1, 0.15) is 0 Å². The second-order valence-electron chi connectivity index (χ2n) is 2.03. The first kappa shape index (κ1) is 8.50. The lowest BCUT2D eigenvalue weighted by Crippen LogP contribution is -1.88. The van der Waals surface area contributed by atoms with Gasteiger partial charge in [0.05, 0.1) is 15.7 Å². The zero-order valence-electron chi connectivity index (χ0n) is 5.86. The van der Waals surface area contributed by atoms with Crippen molar-refractivity contribution in [1.82, 2.24) is 0 Å². The van der Waals surface area contributed by atoms with Gasteiger partial charge in [0.1, 0.15) is 5.75 Å². The average molecular weight is 192 g/mol. The summed E-state index contributed by atoms with van der Waals surface area (Å²) in [5.41, 5.74) is 0.569. The maximum absolute atomic E-state index is 9.21. The van der Waals surface area contributed by atoms with E-state index >= 15 is 0 Å². The number of hydrogen-bond donors (Lipinski definition) is 2. The van der Waals surface area contributed by atoms with Crippen molar-refractivity contribution >= 4 is 28.9 Å². The monoisotopic (exact) mass is 191 g/mol. The van der Waals surface area contributed by atoms with Crippen LogP contribution in [0, 0.1) is 0 Å². The van der Waals surface area contributed by atoms with E-state index in [2.05, 4.69) is 5.32 Å². The SMILES string of the molecule is CNc1cc(Cl)c(Cl)cc1O. The molecule has 0 saturated heterocycles. The van der Waals surface area contributed by atoms with Crippen LogP contribution in [0.4, 0.5) is 5.69 Å². The molecule has 2 N–H and O–H groups in total. The molecule has 0 aliphatic carbocycles. The van der Waals surface area contributed by atoms with Crippen molar-refractivity contribution in [2.75, 3.05) is 12.4 Å². The van der Waals surface area contributed by atoms with Gasteiger partial charge >= 0.3 is 0 Å². The molecule has 2 nitrogen and oxygen atoms in total. The zero-order chi connectivity index (χ0) is 8.43. The average Bonchev–Trinajstić information content (AvgIpc) is 1.97. The second kappa shape index (κ2) is 3.20. The largest absolute Gasteiger partial charge is 0.506 e. The van der Waals surface area contributed by atoms with Crippen molar-refractivity contribution in [3.8, 4) is 5.75 Å². The maximum atomic E-state index is 9.21. The van der Waals surface area contributed by atoms with Crippen LogP contribution in [-0.4, -0.2) is 12.2 Å². The van der Waals surface area contributed by atoms with E-state index < -0.39 is 0 Å². The summed E-state index contributed by atoms with van der Waals surface area (Å²) >= 11 is 11.3. The van der Waals surface area contributed by atoms with Crippen molar-refractivity contribution in [3.05, 3.63) is 22.2 Å². The molecule has 0 spiro atoms. The molecule has 1 aromatic carbocycles. The predicted molar refractivity (Wildman–Crippen MR) is 47.7 cm³/mol. The number of nitrogens with one attached hydrogen (secondary N) is 1. The van der Waals surface area contributed by atoms with Gasteiger partial charge in [-0.3, -0.25) is 0 Å². The Hall–Kier alpha value is -0.600. The molecule has 60 valence electrons. The number of halogens is 2. The first-order valence-corrected chi connectivity index (χ1v) is 3.76. The summed E-state index contributed by atoms with van der Waals surface area (Å²) in [5.74, 6) is 0.0990. The summed E-state index contributed by atoms with van der Waals surface area (Å²) < 4.78 is 0. The first-order valence-electron chi connectivity index (χ1n) is 3.01. The number of benzene rings is 1. The van der Waals surface area contributed by atoms with Crippen LogP contribution < -0.4 is 5.32 Å². The smallest absolute Gasteiger partial charge is 0.140 e. The molecule has 0 amide bonds. The van der Waals surface area contributed by atoms with Gasteiger partial charge in [-0.1, -0.05) is 23.2 Å². The molecule has 0 unspecified atom stereocenters. The number of hydrogen-bond acceptors (Lipinski definition) is 2. The molecule has 0 atom stereocenters. The highest BCUT2D eigenvalue weighted by Gasteiger charge is 2.03. The summed E-state index contributed by atoms with van der Waals surface area (Å²) in [6.07, 6.45) is 0. The molecule has 0 bridgehead atoms. The molecule has 1 aromatic rings. The Kier molecular flexibility index (Phi) is 2.47. The van der Waals surface area contributed by atoms with Crippen molar-refractivity contribution < 1.29 is 5.11 Å². The Bertz CT molecular complexity index is 275. The second-order valence-corrected chi connectivity index (χ2v) is 2.85. The standard InChI is InChI=1S/C7H7Cl2NO/c1-10-6-2-4(8)5(9)3-7(6)11/h2-3,10-11H,1H3. The van der Waals surface area contributed by atoms with Crippen molar-refractivity contribution in [3.63, 3.8) is 0 Å². The minimum Gasteiger partial charge on any atom is -0.506 e. The summed E-state index contributed by atoms with van der Waals surface area (Å²) in [6.45, 7) is 0. The Balaban J connectivity index is 3.21. The molecule has 0 heterocycles. The number of aromatic hydroxyl groups is 1. The number of rotatable bonds is 1. The third-order valence-corrected chi connectivity index (χ3v) is 2.03. The predicted octanol–water partition coefficient (Wildman–Crippen LogP) is 2.74. The Labute approximate surface area is 74.7 Å². The quantitative estimate of drug-likeness (QED) is 0.670. The van der Waals surface area contributed by atoms with Crippen LogP contribution in [-0.2, 0) is 0 Å². The van der Waals surface area contributed by atoms with Crippen molar-refractivity contribution in [2.24, 2.45) is 0 Å². The molecular weight excluding hydrogens is 185 g/mol. The van der Waals surface area contributed by atoms with E-state index in [1.54, 1.807) is 13.1 Å². The van der Waals surface area contributed by atoms with E-state index in [4.69, 9.17) is 23.2 Å². The van der Waals surface area contributed by atoms with Crippen LogP contribution >= 0.6 is 23.2 Å². The molecular formula is C7H7Cl2NO. The molecule has 11 heavy (non-hydrogen) atoms. The van der Waals surface area contributed by atoms with Gasteiger partial charge in [-0.25, -0.2) is 0 Å². The number of anilines is 1. The van der Waals surface area contributed by atoms with Crippen LogP contribution in [0.3, 0.4) is 0 Å². The molecule has 0 saturated carbocycles. The normalized spacial score (nSPS) is 9.73. The van der Waals surface area contributed by atoms with E-state index in [1.165, 1.54) is 6.07 Å². The van der Waals surface area contributed by atoms with Crippen LogP contribution in [0.15, 0.2) is 12.1 Å². The minimum absolute atomic E-state index is 0.0990. The first-order chi connectivity index (χ1) is 5.15.